The lowest BCUT2D eigenvalue weighted by Gasteiger charge is -2.11. The van der Waals surface area contributed by atoms with Gasteiger partial charge >= 0.3 is 0 Å². The zero-order chi connectivity index (χ0) is 14.0. The first-order valence-corrected chi connectivity index (χ1v) is 6.60. The monoisotopic (exact) mass is 342 g/mol. The third kappa shape index (κ3) is 2.86. The summed E-state index contributed by atoms with van der Waals surface area (Å²) in [5.41, 5.74) is 0.176. The number of Topliss-reactive ketones (excluding diaryl/α,β-unsaturated/α-hetero) is 1. The highest BCUT2D eigenvalue weighted by Crippen LogP contribution is 2.29. The minimum atomic E-state index is -1.41. The second kappa shape index (κ2) is 5.82. The van der Waals surface area contributed by atoms with Crippen molar-refractivity contribution in [2.75, 3.05) is 0 Å². The van der Waals surface area contributed by atoms with Gasteiger partial charge in [0.25, 0.3) is 0 Å². The molecule has 0 saturated carbocycles. The van der Waals surface area contributed by atoms with Gasteiger partial charge in [0.05, 0.1) is 10.6 Å². The lowest BCUT2D eigenvalue weighted by atomic mass is 10.00. The third-order valence-electron chi connectivity index (χ3n) is 2.66. The number of carbonyl (C=O) groups excluding carboxylic acids is 1. The van der Waals surface area contributed by atoms with Crippen LogP contribution in [0.2, 0.25) is 5.02 Å². The molecular weight excluding hydrogens is 335 g/mol. The molecule has 19 heavy (non-hydrogen) atoms. The normalized spacial score (nSPS) is 12.2. The van der Waals surface area contributed by atoms with Crippen LogP contribution in [-0.4, -0.2) is 10.9 Å². The number of benzene rings is 2. The van der Waals surface area contributed by atoms with Crippen LogP contribution >= 0.6 is 27.5 Å². The number of hydrogen-bond donors (Lipinski definition) is 1. The van der Waals surface area contributed by atoms with E-state index in [2.05, 4.69) is 15.9 Å². The highest BCUT2D eigenvalue weighted by atomic mass is 79.9. The maximum absolute atomic E-state index is 13.9. The van der Waals surface area contributed by atoms with Crippen LogP contribution in [0, 0.1) is 5.82 Å². The van der Waals surface area contributed by atoms with Gasteiger partial charge in [-0.2, -0.15) is 0 Å². The van der Waals surface area contributed by atoms with Gasteiger partial charge in [-0.25, -0.2) is 4.39 Å². The van der Waals surface area contributed by atoms with E-state index in [9.17, 15) is 14.3 Å². The number of hydrogen-bond acceptors (Lipinski definition) is 2. The van der Waals surface area contributed by atoms with E-state index in [0.29, 0.717) is 10.0 Å². The molecule has 0 fully saturated rings. The van der Waals surface area contributed by atoms with E-state index >= 15 is 0 Å². The summed E-state index contributed by atoms with van der Waals surface area (Å²) >= 11 is 8.79. The molecule has 0 amide bonds. The molecule has 2 rings (SSSR count). The molecule has 1 unspecified atom stereocenters. The Morgan fingerprint density at radius 1 is 1.21 bits per heavy atom. The molecule has 0 spiro atoms. The number of carbonyl (C=O) groups is 1. The lowest BCUT2D eigenvalue weighted by Crippen LogP contribution is -2.14. The van der Waals surface area contributed by atoms with Gasteiger partial charge in [0.2, 0.25) is 0 Å². The van der Waals surface area contributed by atoms with Crippen LogP contribution in [0.15, 0.2) is 46.9 Å². The Morgan fingerprint density at radius 2 is 1.84 bits per heavy atom. The van der Waals surface area contributed by atoms with Crippen molar-refractivity contribution in [1.29, 1.82) is 0 Å². The summed E-state index contributed by atoms with van der Waals surface area (Å²) in [4.78, 5) is 12.1. The van der Waals surface area contributed by atoms with Crippen LogP contribution in [0.4, 0.5) is 4.39 Å². The molecule has 2 nitrogen and oxygen atoms in total. The number of aliphatic hydroxyl groups is 1. The molecule has 0 heterocycles. The average molecular weight is 344 g/mol. The largest absolute Gasteiger partial charge is 0.380 e. The molecule has 1 N–H and O–H groups in total. The van der Waals surface area contributed by atoms with Crippen molar-refractivity contribution in [3.8, 4) is 0 Å². The Kier molecular flexibility index (Phi) is 4.34. The van der Waals surface area contributed by atoms with Crippen molar-refractivity contribution >= 4 is 33.3 Å². The number of halogens is 3. The van der Waals surface area contributed by atoms with Crippen molar-refractivity contribution in [2.45, 2.75) is 6.10 Å². The first-order chi connectivity index (χ1) is 9.02. The molecule has 1 atom stereocenters. The summed E-state index contributed by atoms with van der Waals surface area (Å²) in [5, 5.41) is 9.78. The molecule has 0 bridgehead atoms. The molecule has 2 aromatic carbocycles. The standard InChI is InChI=1S/C14H9BrClFO2/c15-10-7-6-9(12(17)11(10)16)14(19)13(18)8-4-2-1-3-5-8/h1-7,13,18H. The summed E-state index contributed by atoms with van der Waals surface area (Å²) in [5.74, 6) is -1.56. The number of rotatable bonds is 3. The third-order valence-corrected chi connectivity index (χ3v) is 3.92. The first-order valence-electron chi connectivity index (χ1n) is 5.43. The van der Waals surface area contributed by atoms with Gasteiger partial charge in [0.1, 0.15) is 6.10 Å². The predicted octanol–water partition coefficient (Wildman–Crippen LogP) is 4.16. The Hall–Kier alpha value is -1.23. The Balaban J connectivity index is 2.38. The van der Waals surface area contributed by atoms with Crippen molar-refractivity contribution in [2.24, 2.45) is 0 Å². The lowest BCUT2D eigenvalue weighted by molar-refractivity contribution is 0.0743. The number of aliphatic hydroxyl groups excluding tert-OH is 1. The molecule has 0 saturated heterocycles. The van der Waals surface area contributed by atoms with Crippen LogP contribution in [0.1, 0.15) is 22.0 Å². The summed E-state index contributed by atoms with van der Waals surface area (Å²) in [7, 11) is 0. The molecule has 0 radical (unpaired) electrons. The van der Waals surface area contributed by atoms with Crippen LogP contribution in [0.25, 0.3) is 0 Å². The van der Waals surface area contributed by atoms with Crippen molar-refractivity contribution in [1.82, 2.24) is 0 Å². The molecule has 5 heteroatoms. The van der Waals surface area contributed by atoms with Gasteiger partial charge in [0, 0.05) is 4.47 Å². The minimum Gasteiger partial charge on any atom is -0.380 e. The quantitative estimate of drug-likeness (QED) is 0.671. The van der Waals surface area contributed by atoms with Gasteiger partial charge in [-0.15, -0.1) is 0 Å². The Morgan fingerprint density at radius 3 is 2.47 bits per heavy atom. The van der Waals surface area contributed by atoms with Crippen molar-refractivity contribution < 1.29 is 14.3 Å². The highest BCUT2D eigenvalue weighted by molar-refractivity contribution is 9.10. The SMILES string of the molecule is O=C(c1ccc(Br)c(Cl)c1F)C(O)c1ccccc1. The second-order valence-corrected chi connectivity index (χ2v) is 5.13. The number of ketones is 1. The van der Waals surface area contributed by atoms with Gasteiger partial charge in [-0.1, -0.05) is 41.9 Å². The molecule has 0 aromatic heterocycles. The highest BCUT2D eigenvalue weighted by Gasteiger charge is 2.23. The van der Waals surface area contributed by atoms with Gasteiger partial charge < -0.3 is 5.11 Å². The van der Waals surface area contributed by atoms with Crippen LogP contribution in [0.5, 0.6) is 0 Å². The second-order valence-electron chi connectivity index (χ2n) is 3.90. The molecule has 0 aliphatic heterocycles. The van der Waals surface area contributed by atoms with Crippen LogP contribution in [0.3, 0.4) is 0 Å². The molecule has 2 aromatic rings. The summed E-state index contributed by atoms with van der Waals surface area (Å²) < 4.78 is 14.3. The van der Waals surface area contributed by atoms with Crippen LogP contribution in [-0.2, 0) is 0 Å². The predicted molar refractivity (Wildman–Crippen MR) is 74.8 cm³/mol. The summed E-state index contributed by atoms with van der Waals surface area (Å²) in [6.07, 6.45) is -1.41. The van der Waals surface area contributed by atoms with E-state index in [1.165, 1.54) is 12.1 Å². The summed E-state index contributed by atoms with van der Waals surface area (Å²) in [6.45, 7) is 0. The average Bonchev–Trinajstić information content (AvgIpc) is 2.44. The first kappa shape index (κ1) is 14.2. The van der Waals surface area contributed by atoms with E-state index in [0.717, 1.165) is 0 Å². The fraction of sp³-hybridized carbons (Fsp3) is 0.0714. The van der Waals surface area contributed by atoms with Crippen LogP contribution < -0.4 is 0 Å². The van der Waals surface area contributed by atoms with E-state index in [1.807, 2.05) is 0 Å². The van der Waals surface area contributed by atoms with Gasteiger partial charge in [-0.05, 0) is 33.6 Å². The van der Waals surface area contributed by atoms with E-state index in [4.69, 9.17) is 11.6 Å². The van der Waals surface area contributed by atoms with Gasteiger partial charge in [-0.3, -0.25) is 4.79 Å². The smallest absolute Gasteiger partial charge is 0.198 e. The van der Waals surface area contributed by atoms with E-state index in [1.54, 1.807) is 30.3 Å². The molecule has 0 aliphatic rings. The zero-order valence-corrected chi connectivity index (χ0v) is 12.0. The Labute approximate surface area is 123 Å². The van der Waals surface area contributed by atoms with E-state index < -0.39 is 17.7 Å². The molecule has 98 valence electrons. The Bertz CT molecular complexity index is 616. The minimum absolute atomic E-state index is 0.175. The molecular formula is C14H9BrClFO2. The maximum atomic E-state index is 13.9. The molecule has 0 aliphatic carbocycles. The maximum Gasteiger partial charge on any atom is 0.198 e. The van der Waals surface area contributed by atoms with Gasteiger partial charge in [0.15, 0.2) is 11.6 Å². The summed E-state index contributed by atoms with van der Waals surface area (Å²) in [6, 6.07) is 11.1. The fourth-order valence-corrected chi connectivity index (χ4v) is 2.12. The zero-order valence-electron chi connectivity index (χ0n) is 9.61. The fourth-order valence-electron chi connectivity index (χ4n) is 1.65. The van der Waals surface area contributed by atoms with Crippen molar-refractivity contribution in [3.05, 3.63) is 68.9 Å². The topological polar surface area (TPSA) is 37.3 Å². The van der Waals surface area contributed by atoms with Crippen molar-refractivity contribution in [3.63, 3.8) is 0 Å². The van der Waals surface area contributed by atoms with E-state index in [-0.39, 0.29) is 10.6 Å².